The normalized spacial score (nSPS) is 20.2. The number of carboxylic acids is 1. The standard InChI is InChI=1S/C18H23N7O2.C2HF3O2/c1-11-17(27-9-5-19-11)15-12-3-6-24(7-8-26)16(12)13-10-21-25(18(13)22-15)14-2-4-20-23-14;3-2(4,5)1(6)7/h2,4,10-11,17,19,26H,3,5-9H2,1H3,(H,20,23);(H,6,7)/t11?,17-;/m1./s1. The average molecular weight is 483 g/mol. The van der Waals surface area contributed by atoms with Crippen molar-refractivity contribution in [2.45, 2.75) is 31.7 Å². The predicted octanol–water partition coefficient (Wildman–Crippen LogP) is 1.18. The number of aliphatic hydroxyl groups excluding tert-OH is 1. The number of rotatable bonds is 4. The van der Waals surface area contributed by atoms with Crippen molar-refractivity contribution in [3.63, 3.8) is 0 Å². The minimum atomic E-state index is -5.08. The Morgan fingerprint density at radius 3 is 2.76 bits per heavy atom. The van der Waals surface area contributed by atoms with Gasteiger partial charge < -0.3 is 25.2 Å². The molecule has 0 spiro atoms. The van der Waals surface area contributed by atoms with Gasteiger partial charge in [0.05, 0.1) is 42.4 Å². The van der Waals surface area contributed by atoms with Gasteiger partial charge in [-0.25, -0.2) is 9.78 Å². The van der Waals surface area contributed by atoms with Gasteiger partial charge in [-0.15, -0.1) is 0 Å². The number of halogens is 3. The summed E-state index contributed by atoms with van der Waals surface area (Å²) in [7, 11) is 0. The third-order valence-electron chi connectivity index (χ3n) is 5.68. The number of aromatic nitrogens is 5. The maximum absolute atomic E-state index is 10.6. The van der Waals surface area contributed by atoms with Crippen LogP contribution < -0.4 is 10.2 Å². The lowest BCUT2D eigenvalue weighted by Gasteiger charge is -2.31. The number of aliphatic carboxylic acids is 1. The first kappa shape index (κ1) is 23.9. The number of fused-ring (bicyclic) bond motifs is 3. The maximum Gasteiger partial charge on any atom is 0.490 e. The Balaban J connectivity index is 0.000000344. The third-order valence-corrected chi connectivity index (χ3v) is 5.68. The number of aromatic amines is 1. The lowest BCUT2D eigenvalue weighted by Crippen LogP contribution is -2.42. The highest BCUT2D eigenvalue weighted by Crippen LogP contribution is 2.40. The van der Waals surface area contributed by atoms with Crippen LogP contribution >= 0.6 is 0 Å². The summed E-state index contributed by atoms with van der Waals surface area (Å²) >= 11 is 0. The molecule has 0 radical (unpaired) electrons. The number of β-amino-alcohol motifs (C(OH)–C–C–N with tert-alkyl or cyclic N) is 1. The van der Waals surface area contributed by atoms with Gasteiger partial charge in [-0.05, 0) is 13.3 Å². The molecule has 2 aliphatic heterocycles. The minimum Gasteiger partial charge on any atom is -0.475 e. The molecule has 5 heterocycles. The fourth-order valence-electron chi connectivity index (χ4n) is 4.21. The molecule has 14 heteroatoms. The molecule has 0 aromatic carbocycles. The molecule has 2 atom stereocenters. The fraction of sp³-hybridized carbons (Fsp3) is 0.500. The second-order valence-corrected chi connectivity index (χ2v) is 7.86. The molecule has 5 rings (SSSR count). The molecule has 34 heavy (non-hydrogen) atoms. The molecular weight excluding hydrogens is 459 g/mol. The number of aliphatic hydroxyl groups is 1. The van der Waals surface area contributed by atoms with Gasteiger partial charge >= 0.3 is 12.1 Å². The highest BCUT2D eigenvalue weighted by Gasteiger charge is 2.38. The van der Waals surface area contributed by atoms with Crippen molar-refractivity contribution in [2.24, 2.45) is 0 Å². The first-order chi connectivity index (χ1) is 16.2. The Kier molecular flexibility index (Phi) is 6.72. The fourth-order valence-corrected chi connectivity index (χ4v) is 4.21. The Morgan fingerprint density at radius 2 is 2.15 bits per heavy atom. The molecule has 4 N–H and O–H groups in total. The van der Waals surface area contributed by atoms with Gasteiger partial charge in [-0.3, -0.25) is 5.10 Å². The number of carbonyl (C=O) groups is 1. The predicted molar refractivity (Wildman–Crippen MR) is 114 cm³/mol. The van der Waals surface area contributed by atoms with Gasteiger partial charge in [0.1, 0.15) is 6.10 Å². The van der Waals surface area contributed by atoms with E-state index in [1.54, 1.807) is 10.9 Å². The average Bonchev–Trinajstić information content (AvgIpc) is 3.53. The van der Waals surface area contributed by atoms with Crippen LogP contribution in [0.2, 0.25) is 0 Å². The summed E-state index contributed by atoms with van der Waals surface area (Å²) in [4.78, 5) is 16.2. The van der Waals surface area contributed by atoms with Crippen LogP contribution in [0.25, 0.3) is 16.9 Å². The molecule has 0 amide bonds. The highest BCUT2D eigenvalue weighted by atomic mass is 19.4. The third kappa shape index (κ3) is 4.56. The van der Waals surface area contributed by atoms with Crippen molar-refractivity contribution in [3.05, 3.63) is 29.7 Å². The zero-order chi connectivity index (χ0) is 24.5. The highest BCUT2D eigenvalue weighted by molar-refractivity contribution is 5.94. The quantitative estimate of drug-likeness (QED) is 0.430. The van der Waals surface area contributed by atoms with Gasteiger partial charge in [0.15, 0.2) is 11.5 Å². The molecular formula is C20H24F3N7O4. The Hall–Kier alpha value is -3.23. The number of nitrogens with zero attached hydrogens (tertiary/aromatic N) is 5. The number of pyridine rings is 1. The van der Waals surface area contributed by atoms with E-state index >= 15 is 0 Å². The minimum absolute atomic E-state index is 0.101. The van der Waals surface area contributed by atoms with Crippen LogP contribution in [-0.2, 0) is 16.0 Å². The topological polar surface area (TPSA) is 141 Å². The molecule has 2 aliphatic rings. The monoisotopic (exact) mass is 483 g/mol. The summed E-state index contributed by atoms with van der Waals surface area (Å²) in [5.74, 6) is -1.99. The summed E-state index contributed by atoms with van der Waals surface area (Å²) in [6.45, 7) is 5.24. The Labute approximate surface area is 191 Å². The molecule has 0 saturated carbocycles. The van der Waals surface area contributed by atoms with E-state index in [1.807, 2.05) is 12.3 Å². The van der Waals surface area contributed by atoms with Crippen LogP contribution in [0, 0.1) is 0 Å². The van der Waals surface area contributed by atoms with Crippen LogP contribution in [0.15, 0.2) is 18.5 Å². The van der Waals surface area contributed by atoms with Crippen LogP contribution in [0.4, 0.5) is 18.9 Å². The smallest absolute Gasteiger partial charge is 0.475 e. The first-order valence-electron chi connectivity index (χ1n) is 10.6. The second-order valence-electron chi connectivity index (χ2n) is 7.86. The van der Waals surface area contributed by atoms with Crippen molar-refractivity contribution in [1.29, 1.82) is 0 Å². The summed E-state index contributed by atoms with van der Waals surface area (Å²) in [5.41, 5.74) is 4.08. The molecule has 0 bridgehead atoms. The van der Waals surface area contributed by atoms with Crippen molar-refractivity contribution < 1.29 is 32.9 Å². The number of hydrogen-bond acceptors (Lipinski definition) is 8. The molecule has 1 fully saturated rings. The number of morpholine rings is 1. The molecule has 1 saturated heterocycles. The van der Waals surface area contributed by atoms with E-state index in [0.29, 0.717) is 13.2 Å². The van der Waals surface area contributed by atoms with E-state index in [9.17, 15) is 18.3 Å². The molecule has 1 unspecified atom stereocenters. The summed E-state index contributed by atoms with van der Waals surface area (Å²) in [5, 5.41) is 32.7. The van der Waals surface area contributed by atoms with E-state index < -0.39 is 12.1 Å². The van der Waals surface area contributed by atoms with E-state index in [-0.39, 0.29) is 18.8 Å². The first-order valence-corrected chi connectivity index (χ1v) is 10.6. The van der Waals surface area contributed by atoms with Crippen LogP contribution in [0.1, 0.15) is 24.3 Å². The van der Waals surface area contributed by atoms with Gasteiger partial charge in [-0.2, -0.15) is 28.1 Å². The SMILES string of the molecule is CC1NCCO[C@H]1c1nc2c(cnn2-c2ccn[nH]2)c2c1CCN2CCO.O=C(O)C(F)(F)F. The number of hydrogen-bond donors (Lipinski definition) is 4. The van der Waals surface area contributed by atoms with Gasteiger partial charge in [-0.1, -0.05) is 0 Å². The van der Waals surface area contributed by atoms with Crippen molar-refractivity contribution in [1.82, 2.24) is 30.3 Å². The van der Waals surface area contributed by atoms with Crippen molar-refractivity contribution >= 4 is 22.7 Å². The van der Waals surface area contributed by atoms with Gasteiger partial charge in [0.25, 0.3) is 0 Å². The maximum atomic E-state index is 10.6. The van der Waals surface area contributed by atoms with Crippen LogP contribution in [-0.4, -0.2) is 86.2 Å². The number of nitrogens with one attached hydrogen (secondary N) is 2. The van der Waals surface area contributed by atoms with E-state index in [0.717, 1.165) is 47.7 Å². The van der Waals surface area contributed by atoms with Crippen LogP contribution in [0.3, 0.4) is 0 Å². The van der Waals surface area contributed by atoms with E-state index in [4.69, 9.17) is 19.6 Å². The Bertz CT molecular complexity index is 1150. The lowest BCUT2D eigenvalue weighted by molar-refractivity contribution is -0.192. The molecule has 11 nitrogen and oxygen atoms in total. The van der Waals surface area contributed by atoms with Crippen LogP contribution in [0.5, 0.6) is 0 Å². The zero-order valence-electron chi connectivity index (χ0n) is 18.2. The molecule has 3 aromatic rings. The summed E-state index contributed by atoms with van der Waals surface area (Å²) in [6.07, 6.45) is -0.734. The van der Waals surface area contributed by atoms with Crippen molar-refractivity contribution in [2.75, 3.05) is 37.7 Å². The number of alkyl halides is 3. The summed E-state index contributed by atoms with van der Waals surface area (Å²) < 4.78 is 39.6. The Morgan fingerprint density at radius 1 is 1.38 bits per heavy atom. The second kappa shape index (κ2) is 9.56. The number of carboxylic acid groups (broad SMARTS) is 1. The van der Waals surface area contributed by atoms with Gasteiger partial charge in [0, 0.05) is 37.3 Å². The lowest BCUT2D eigenvalue weighted by atomic mass is 9.99. The summed E-state index contributed by atoms with van der Waals surface area (Å²) in [6, 6.07) is 2.05. The number of anilines is 1. The molecule has 3 aromatic heterocycles. The largest absolute Gasteiger partial charge is 0.490 e. The molecule has 184 valence electrons. The van der Waals surface area contributed by atoms with E-state index in [2.05, 4.69) is 32.4 Å². The van der Waals surface area contributed by atoms with Crippen molar-refractivity contribution in [3.8, 4) is 5.82 Å². The van der Waals surface area contributed by atoms with E-state index in [1.165, 1.54) is 5.56 Å². The number of ether oxygens (including phenoxy) is 1. The number of H-pyrrole nitrogens is 1. The zero-order valence-corrected chi connectivity index (χ0v) is 18.2. The molecule has 0 aliphatic carbocycles. The van der Waals surface area contributed by atoms with Gasteiger partial charge in [0.2, 0.25) is 0 Å².